The molecule has 1 rings (SSSR count). The first-order valence-electron chi connectivity index (χ1n) is 5.84. The van der Waals surface area contributed by atoms with Crippen LogP contribution in [0.2, 0.25) is 0 Å². The normalized spacial score (nSPS) is 10.1. The summed E-state index contributed by atoms with van der Waals surface area (Å²) in [6.45, 7) is 11.6. The molecule has 0 radical (unpaired) electrons. The number of nitrogens with zero attached hydrogens (tertiary/aromatic N) is 2. The molecule has 0 bridgehead atoms. The van der Waals surface area contributed by atoms with Crippen LogP contribution in [0, 0.1) is 0 Å². The van der Waals surface area contributed by atoms with Crippen molar-refractivity contribution in [2.45, 2.75) is 20.4 Å². The summed E-state index contributed by atoms with van der Waals surface area (Å²) in [7, 11) is 0. The average Bonchev–Trinajstić information content (AvgIpc) is 2.33. The van der Waals surface area contributed by atoms with Crippen LogP contribution in [0.1, 0.15) is 19.5 Å². The lowest BCUT2D eigenvalue weighted by Crippen LogP contribution is -2.24. The van der Waals surface area contributed by atoms with Crippen molar-refractivity contribution in [2.24, 2.45) is 0 Å². The van der Waals surface area contributed by atoms with Crippen LogP contribution in [0.15, 0.2) is 30.9 Å². The van der Waals surface area contributed by atoms with E-state index in [0.717, 1.165) is 37.7 Å². The molecule has 0 fully saturated rings. The van der Waals surface area contributed by atoms with Gasteiger partial charge in [0.15, 0.2) is 0 Å². The maximum Gasteiger partial charge on any atom is 0.129 e. The third-order valence-corrected chi connectivity index (χ3v) is 2.40. The topological polar surface area (TPSA) is 28.2 Å². The summed E-state index contributed by atoms with van der Waals surface area (Å²) in [6.07, 6.45) is 1.90. The van der Waals surface area contributed by atoms with Gasteiger partial charge in [0.2, 0.25) is 0 Å². The quantitative estimate of drug-likeness (QED) is 0.713. The van der Waals surface area contributed by atoms with Gasteiger partial charge in [0.05, 0.1) is 5.69 Å². The van der Waals surface area contributed by atoms with Crippen molar-refractivity contribution in [3.05, 3.63) is 36.5 Å². The number of pyridine rings is 1. The van der Waals surface area contributed by atoms with Crippen LogP contribution in [0.25, 0.3) is 0 Å². The number of rotatable bonds is 7. The summed E-state index contributed by atoms with van der Waals surface area (Å²) in [5.41, 5.74) is 1.09. The lowest BCUT2D eigenvalue weighted by atomic mass is 10.3. The minimum atomic E-state index is 0.829. The Kier molecular flexibility index (Phi) is 5.57. The highest BCUT2D eigenvalue weighted by molar-refractivity contribution is 5.39. The van der Waals surface area contributed by atoms with Crippen LogP contribution in [0.3, 0.4) is 0 Å². The molecule has 88 valence electrons. The van der Waals surface area contributed by atoms with Crippen LogP contribution in [0.5, 0.6) is 0 Å². The Morgan fingerprint density at radius 3 is 2.88 bits per heavy atom. The Labute approximate surface area is 98.2 Å². The van der Waals surface area contributed by atoms with Crippen molar-refractivity contribution in [1.82, 2.24) is 10.3 Å². The molecule has 0 aliphatic carbocycles. The van der Waals surface area contributed by atoms with Crippen LogP contribution < -0.4 is 10.2 Å². The van der Waals surface area contributed by atoms with Crippen molar-refractivity contribution in [1.29, 1.82) is 0 Å². The minimum absolute atomic E-state index is 0.829. The van der Waals surface area contributed by atoms with Gasteiger partial charge in [-0.05, 0) is 25.6 Å². The second-order valence-electron chi connectivity index (χ2n) is 3.59. The molecule has 3 nitrogen and oxygen atoms in total. The molecule has 16 heavy (non-hydrogen) atoms. The predicted molar refractivity (Wildman–Crippen MR) is 69.7 cm³/mol. The molecule has 0 unspecified atom stereocenters. The third-order valence-electron chi connectivity index (χ3n) is 2.40. The molecule has 0 saturated heterocycles. The molecule has 0 atom stereocenters. The largest absolute Gasteiger partial charge is 0.353 e. The predicted octanol–water partition coefficient (Wildman–Crippen LogP) is 2.20. The molecular formula is C13H21N3. The van der Waals surface area contributed by atoms with Crippen LogP contribution >= 0.6 is 0 Å². The van der Waals surface area contributed by atoms with E-state index in [-0.39, 0.29) is 0 Å². The van der Waals surface area contributed by atoms with Gasteiger partial charge in [-0.3, -0.25) is 0 Å². The van der Waals surface area contributed by atoms with Crippen molar-refractivity contribution < 1.29 is 0 Å². The Morgan fingerprint density at radius 1 is 1.44 bits per heavy atom. The van der Waals surface area contributed by atoms with E-state index in [2.05, 4.69) is 41.7 Å². The van der Waals surface area contributed by atoms with Gasteiger partial charge < -0.3 is 10.2 Å². The second-order valence-corrected chi connectivity index (χ2v) is 3.59. The van der Waals surface area contributed by atoms with E-state index >= 15 is 0 Å². The summed E-state index contributed by atoms with van der Waals surface area (Å²) in [6, 6.07) is 6.15. The summed E-state index contributed by atoms with van der Waals surface area (Å²) in [5, 5.41) is 3.28. The summed E-state index contributed by atoms with van der Waals surface area (Å²) in [4.78, 5) is 6.81. The maximum atomic E-state index is 4.62. The zero-order chi connectivity index (χ0) is 11.8. The van der Waals surface area contributed by atoms with Gasteiger partial charge >= 0.3 is 0 Å². The standard InChI is InChI=1S/C13H21N3/c1-4-10-16(6-3)13-9-7-8-12(15-13)11-14-5-2/h4,7-9,14H,1,5-6,10-11H2,2-3H3. The van der Waals surface area contributed by atoms with Gasteiger partial charge in [0.1, 0.15) is 5.82 Å². The Morgan fingerprint density at radius 2 is 2.25 bits per heavy atom. The van der Waals surface area contributed by atoms with E-state index in [4.69, 9.17) is 0 Å². The molecule has 1 aromatic rings. The molecule has 1 N–H and O–H groups in total. The molecule has 0 aliphatic heterocycles. The number of hydrogen-bond donors (Lipinski definition) is 1. The third kappa shape index (κ3) is 3.66. The number of hydrogen-bond acceptors (Lipinski definition) is 3. The van der Waals surface area contributed by atoms with Gasteiger partial charge in [-0.25, -0.2) is 4.98 Å². The second kappa shape index (κ2) is 7.01. The van der Waals surface area contributed by atoms with Gasteiger partial charge in [-0.1, -0.05) is 19.1 Å². The highest BCUT2D eigenvalue weighted by Crippen LogP contribution is 2.11. The highest BCUT2D eigenvalue weighted by Gasteiger charge is 2.04. The van der Waals surface area contributed by atoms with Crippen molar-refractivity contribution in [3.63, 3.8) is 0 Å². The number of likely N-dealkylation sites (N-methyl/N-ethyl adjacent to an activating group) is 1. The smallest absolute Gasteiger partial charge is 0.129 e. The fourth-order valence-corrected chi connectivity index (χ4v) is 1.54. The van der Waals surface area contributed by atoms with Crippen molar-refractivity contribution in [3.8, 4) is 0 Å². The molecule has 0 aromatic carbocycles. The molecular weight excluding hydrogens is 198 g/mol. The molecule has 0 spiro atoms. The molecule has 1 heterocycles. The lowest BCUT2D eigenvalue weighted by Gasteiger charge is -2.20. The van der Waals surface area contributed by atoms with E-state index < -0.39 is 0 Å². The summed E-state index contributed by atoms with van der Waals surface area (Å²) >= 11 is 0. The first kappa shape index (κ1) is 12.7. The Balaban J connectivity index is 2.74. The fourth-order valence-electron chi connectivity index (χ4n) is 1.54. The molecule has 1 aromatic heterocycles. The minimum Gasteiger partial charge on any atom is -0.353 e. The fraction of sp³-hybridized carbons (Fsp3) is 0.462. The molecule has 0 saturated carbocycles. The van der Waals surface area contributed by atoms with Gasteiger partial charge in [0, 0.05) is 19.6 Å². The van der Waals surface area contributed by atoms with E-state index in [9.17, 15) is 0 Å². The first-order chi connectivity index (χ1) is 7.81. The van der Waals surface area contributed by atoms with Gasteiger partial charge in [-0.15, -0.1) is 6.58 Å². The summed E-state index contributed by atoms with van der Waals surface area (Å²) < 4.78 is 0. The van der Waals surface area contributed by atoms with Gasteiger partial charge in [-0.2, -0.15) is 0 Å². The van der Waals surface area contributed by atoms with Gasteiger partial charge in [0.25, 0.3) is 0 Å². The SMILES string of the molecule is C=CCN(CC)c1cccc(CNCC)n1. The zero-order valence-electron chi connectivity index (χ0n) is 10.2. The van der Waals surface area contributed by atoms with E-state index in [0.29, 0.717) is 0 Å². The Hall–Kier alpha value is -1.35. The van der Waals surface area contributed by atoms with Crippen LogP contribution in [0.4, 0.5) is 5.82 Å². The zero-order valence-corrected chi connectivity index (χ0v) is 10.2. The molecule has 0 amide bonds. The van der Waals surface area contributed by atoms with Crippen molar-refractivity contribution in [2.75, 3.05) is 24.5 Å². The van der Waals surface area contributed by atoms with Crippen LogP contribution in [-0.4, -0.2) is 24.6 Å². The summed E-state index contributed by atoms with van der Waals surface area (Å²) in [5.74, 6) is 1.03. The van der Waals surface area contributed by atoms with E-state index in [1.54, 1.807) is 0 Å². The lowest BCUT2D eigenvalue weighted by molar-refractivity contribution is 0.708. The maximum absolute atomic E-state index is 4.62. The number of aromatic nitrogens is 1. The van der Waals surface area contributed by atoms with Crippen LogP contribution in [-0.2, 0) is 6.54 Å². The number of anilines is 1. The van der Waals surface area contributed by atoms with Crippen molar-refractivity contribution >= 4 is 5.82 Å². The van der Waals surface area contributed by atoms with E-state index in [1.807, 2.05) is 18.2 Å². The average molecular weight is 219 g/mol. The molecule has 3 heteroatoms. The number of nitrogens with one attached hydrogen (secondary N) is 1. The molecule has 0 aliphatic rings. The highest BCUT2D eigenvalue weighted by atomic mass is 15.2. The monoisotopic (exact) mass is 219 g/mol. The Bertz CT molecular complexity index is 323. The first-order valence-corrected chi connectivity index (χ1v) is 5.84. The van der Waals surface area contributed by atoms with E-state index in [1.165, 1.54) is 0 Å².